The summed E-state index contributed by atoms with van der Waals surface area (Å²) in [5.41, 5.74) is 8.39. The smallest absolute Gasteiger partial charge is 0.124 e. The molecule has 0 saturated carbocycles. The van der Waals surface area contributed by atoms with Gasteiger partial charge in [-0.05, 0) is 24.5 Å². The van der Waals surface area contributed by atoms with E-state index in [9.17, 15) is 0 Å². The highest BCUT2D eigenvalue weighted by atomic mass is 16.5. The maximum absolute atomic E-state index is 8.69. The van der Waals surface area contributed by atoms with Gasteiger partial charge in [0.15, 0.2) is 0 Å². The number of rotatable bonds is 3. The molecule has 1 aromatic carbocycles. The largest absolute Gasteiger partial charge is 0.491 e. The van der Waals surface area contributed by atoms with Crippen molar-refractivity contribution in [2.24, 2.45) is 5.73 Å². The maximum atomic E-state index is 8.69. The Morgan fingerprint density at radius 3 is 3.14 bits per heavy atom. The van der Waals surface area contributed by atoms with Gasteiger partial charge in [0.2, 0.25) is 0 Å². The number of hydrogen-bond donors (Lipinski definition) is 2. The molecule has 0 spiro atoms. The van der Waals surface area contributed by atoms with E-state index in [1.165, 1.54) is 5.56 Å². The number of aryl methyl sites for hydroxylation is 1. The van der Waals surface area contributed by atoms with Gasteiger partial charge in [0, 0.05) is 11.6 Å². The molecule has 0 bridgehead atoms. The molecular weight excluding hydrogens is 178 g/mol. The van der Waals surface area contributed by atoms with Gasteiger partial charge in [0.05, 0.1) is 6.61 Å². The van der Waals surface area contributed by atoms with Crippen molar-refractivity contribution >= 4 is 0 Å². The van der Waals surface area contributed by atoms with Crippen LogP contribution in [0.2, 0.25) is 0 Å². The van der Waals surface area contributed by atoms with Crippen LogP contribution in [0.5, 0.6) is 5.75 Å². The highest BCUT2D eigenvalue weighted by Gasteiger charge is 2.22. The average Bonchev–Trinajstić information content (AvgIpc) is 2.58. The minimum atomic E-state index is 0.0406. The zero-order valence-corrected chi connectivity index (χ0v) is 8.07. The molecule has 0 amide bonds. The molecule has 1 aliphatic carbocycles. The second kappa shape index (κ2) is 3.98. The monoisotopic (exact) mass is 193 g/mol. The van der Waals surface area contributed by atoms with Crippen molar-refractivity contribution in [3.8, 4) is 5.75 Å². The van der Waals surface area contributed by atoms with Crippen LogP contribution >= 0.6 is 0 Å². The lowest BCUT2D eigenvalue weighted by Gasteiger charge is -2.12. The Bertz CT molecular complexity index is 325. The number of hydrogen-bond acceptors (Lipinski definition) is 3. The van der Waals surface area contributed by atoms with Crippen molar-refractivity contribution in [2.75, 3.05) is 13.2 Å². The summed E-state index contributed by atoms with van der Waals surface area (Å²) in [5, 5.41) is 8.69. The van der Waals surface area contributed by atoms with Gasteiger partial charge in [-0.2, -0.15) is 0 Å². The maximum Gasteiger partial charge on any atom is 0.124 e. The second-order valence-electron chi connectivity index (χ2n) is 3.55. The van der Waals surface area contributed by atoms with Gasteiger partial charge in [-0.1, -0.05) is 12.1 Å². The van der Waals surface area contributed by atoms with Crippen LogP contribution in [0.1, 0.15) is 23.6 Å². The lowest BCUT2D eigenvalue weighted by molar-refractivity contribution is 0.200. The first kappa shape index (κ1) is 9.49. The van der Waals surface area contributed by atoms with Crippen molar-refractivity contribution < 1.29 is 9.84 Å². The van der Waals surface area contributed by atoms with Gasteiger partial charge in [-0.3, -0.25) is 0 Å². The molecule has 3 heteroatoms. The van der Waals surface area contributed by atoms with Crippen LogP contribution < -0.4 is 10.5 Å². The average molecular weight is 193 g/mol. The number of fused-ring (bicyclic) bond motifs is 1. The summed E-state index contributed by atoms with van der Waals surface area (Å²) in [5.74, 6) is 0.835. The predicted octanol–water partition coefficient (Wildman–Crippen LogP) is 1.00. The Morgan fingerprint density at radius 2 is 2.36 bits per heavy atom. The molecule has 76 valence electrons. The van der Waals surface area contributed by atoms with E-state index in [-0.39, 0.29) is 12.6 Å². The topological polar surface area (TPSA) is 55.5 Å². The molecule has 0 aliphatic heterocycles. The van der Waals surface area contributed by atoms with E-state index >= 15 is 0 Å². The zero-order chi connectivity index (χ0) is 9.97. The van der Waals surface area contributed by atoms with Crippen molar-refractivity contribution in [3.63, 3.8) is 0 Å². The molecule has 1 atom stereocenters. The molecule has 1 aliphatic rings. The Kier molecular flexibility index (Phi) is 2.70. The third kappa shape index (κ3) is 1.61. The molecule has 2 rings (SSSR count). The van der Waals surface area contributed by atoms with Gasteiger partial charge in [-0.15, -0.1) is 0 Å². The molecule has 0 fully saturated rings. The Morgan fingerprint density at radius 1 is 1.50 bits per heavy atom. The van der Waals surface area contributed by atoms with E-state index in [1.807, 2.05) is 12.1 Å². The SMILES string of the molecule is N[C@@H]1CCc2cccc(OCCO)c21. The lowest BCUT2D eigenvalue weighted by atomic mass is 10.1. The normalized spacial score (nSPS) is 19.4. The van der Waals surface area contributed by atoms with Crippen LogP contribution in [0.15, 0.2) is 18.2 Å². The standard InChI is InChI=1S/C11H15NO2/c12-9-5-4-8-2-1-3-10(11(8)9)14-7-6-13/h1-3,9,13H,4-7,12H2/t9-/m1/s1. The minimum Gasteiger partial charge on any atom is -0.491 e. The van der Waals surface area contributed by atoms with Crippen LogP contribution in [-0.2, 0) is 6.42 Å². The molecule has 0 radical (unpaired) electrons. The molecular formula is C11H15NO2. The molecule has 0 aromatic heterocycles. The summed E-state index contributed by atoms with van der Waals surface area (Å²) in [7, 11) is 0. The number of nitrogens with two attached hydrogens (primary N) is 1. The van der Waals surface area contributed by atoms with Crippen molar-refractivity contribution in [1.82, 2.24) is 0 Å². The molecule has 0 unspecified atom stereocenters. The molecule has 0 heterocycles. The summed E-state index contributed by atoms with van der Waals surface area (Å²) in [6.07, 6.45) is 2.03. The van der Waals surface area contributed by atoms with E-state index in [1.54, 1.807) is 0 Å². The van der Waals surface area contributed by atoms with Crippen LogP contribution in [0.25, 0.3) is 0 Å². The Hall–Kier alpha value is -1.06. The lowest BCUT2D eigenvalue weighted by Crippen LogP contribution is -2.09. The van der Waals surface area contributed by atoms with Gasteiger partial charge in [0.1, 0.15) is 12.4 Å². The van der Waals surface area contributed by atoms with Crippen LogP contribution in [0.4, 0.5) is 0 Å². The minimum absolute atomic E-state index is 0.0406. The molecule has 14 heavy (non-hydrogen) atoms. The number of ether oxygens (including phenoxy) is 1. The van der Waals surface area contributed by atoms with E-state index in [0.717, 1.165) is 24.2 Å². The highest BCUT2D eigenvalue weighted by Crippen LogP contribution is 2.36. The van der Waals surface area contributed by atoms with E-state index in [4.69, 9.17) is 15.6 Å². The van der Waals surface area contributed by atoms with E-state index in [0.29, 0.717) is 6.61 Å². The first-order valence-electron chi connectivity index (χ1n) is 4.94. The van der Waals surface area contributed by atoms with Crippen molar-refractivity contribution in [3.05, 3.63) is 29.3 Å². The summed E-state index contributed by atoms with van der Waals surface area (Å²) < 4.78 is 5.44. The first-order chi connectivity index (χ1) is 6.83. The third-order valence-electron chi connectivity index (χ3n) is 2.60. The zero-order valence-electron chi connectivity index (χ0n) is 8.07. The summed E-state index contributed by atoms with van der Waals surface area (Å²) in [6.45, 7) is 0.377. The van der Waals surface area contributed by atoms with E-state index in [2.05, 4.69) is 6.07 Å². The number of aliphatic hydroxyl groups is 1. The Labute approximate surface area is 83.5 Å². The molecule has 1 aromatic rings. The fourth-order valence-electron chi connectivity index (χ4n) is 1.97. The predicted molar refractivity (Wildman–Crippen MR) is 54.3 cm³/mol. The highest BCUT2D eigenvalue weighted by molar-refractivity contribution is 5.45. The molecule has 0 saturated heterocycles. The summed E-state index contributed by atoms with van der Waals surface area (Å²) >= 11 is 0. The first-order valence-corrected chi connectivity index (χ1v) is 4.94. The van der Waals surface area contributed by atoms with Crippen LogP contribution in [0.3, 0.4) is 0 Å². The van der Waals surface area contributed by atoms with Crippen LogP contribution in [0, 0.1) is 0 Å². The molecule has 3 N–H and O–H groups in total. The summed E-state index contributed by atoms with van der Waals surface area (Å²) in [6, 6.07) is 6.08. The van der Waals surface area contributed by atoms with Crippen molar-refractivity contribution in [1.29, 1.82) is 0 Å². The van der Waals surface area contributed by atoms with Gasteiger partial charge in [0.25, 0.3) is 0 Å². The Balaban J connectivity index is 2.27. The van der Waals surface area contributed by atoms with E-state index < -0.39 is 0 Å². The number of aliphatic hydroxyl groups excluding tert-OH is 1. The van der Waals surface area contributed by atoms with Crippen molar-refractivity contribution in [2.45, 2.75) is 18.9 Å². The van der Waals surface area contributed by atoms with Gasteiger partial charge < -0.3 is 15.6 Å². The third-order valence-corrected chi connectivity index (χ3v) is 2.60. The van der Waals surface area contributed by atoms with Gasteiger partial charge in [-0.25, -0.2) is 0 Å². The number of benzene rings is 1. The summed E-state index contributed by atoms with van der Waals surface area (Å²) in [4.78, 5) is 0. The fourth-order valence-corrected chi connectivity index (χ4v) is 1.97. The van der Waals surface area contributed by atoms with Crippen LogP contribution in [-0.4, -0.2) is 18.3 Å². The quantitative estimate of drug-likeness (QED) is 0.753. The fraction of sp³-hybridized carbons (Fsp3) is 0.455. The molecule has 3 nitrogen and oxygen atoms in total. The second-order valence-corrected chi connectivity index (χ2v) is 3.55. The van der Waals surface area contributed by atoms with Gasteiger partial charge >= 0.3 is 0 Å².